The molecule has 96 valence electrons. The van der Waals surface area contributed by atoms with Gasteiger partial charge in [-0.25, -0.2) is 0 Å². The number of nitrogens with one attached hydrogen (secondary N) is 1. The molecule has 3 heteroatoms. The van der Waals surface area contributed by atoms with Gasteiger partial charge in [-0.2, -0.15) is 0 Å². The van der Waals surface area contributed by atoms with Crippen molar-refractivity contribution in [2.75, 3.05) is 13.7 Å². The zero-order chi connectivity index (χ0) is 12.5. The molecule has 1 atom stereocenters. The average Bonchev–Trinajstić information content (AvgIpc) is 2.98. The van der Waals surface area contributed by atoms with Crippen molar-refractivity contribution in [3.8, 4) is 5.75 Å². The van der Waals surface area contributed by atoms with Crippen LogP contribution in [0.4, 0.5) is 0 Å². The fourth-order valence-corrected chi connectivity index (χ4v) is 2.81. The molecule has 18 heavy (non-hydrogen) atoms. The largest absolute Gasteiger partial charge is 0.493 e. The van der Waals surface area contributed by atoms with Crippen molar-refractivity contribution in [3.05, 3.63) is 29.5 Å². The third kappa shape index (κ3) is 1.99. The first kappa shape index (κ1) is 11.6. The summed E-state index contributed by atoms with van der Waals surface area (Å²) in [5.74, 6) is 1.76. The number of fused-ring (bicyclic) bond motifs is 1. The van der Waals surface area contributed by atoms with E-state index >= 15 is 0 Å². The lowest BCUT2D eigenvalue weighted by Gasteiger charge is -2.11. The molecule has 0 aliphatic carbocycles. The summed E-state index contributed by atoms with van der Waals surface area (Å²) in [6, 6.07) is 6.89. The first-order valence-electron chi connectivity index (χ1n) is 6.57. The SMILES string of the molecule is COc1ccc(CC2CCCN2)c2cc(C)oc12. The van der Waals surface area contributed by atoms with E-state index in [1.807, 2.05) is 13.0 Å². The van der Waals surface area contributed by atoms with Crippen molar-refractivity contribution in [1.82, 2.24) is 5.32 Å². The fourth-order valence-electron chi connectivity index (χ4n) is 2.81. The van der Waals surface area contributed by atoms with Gasteiger partial charge >= 0.3 is 0 Å². The van der Waals surface area contributed by atoms with E-state index in [1.165, 1.54) is 23.8 Å². The topological polar surface area (TPSA) is 34.4 Å². The van der Waals surface area contributed by atoms with Gasteiger partial charge in [-0.3, -0.25) is 0 Å². The summed E-state index contributed by atoms with van der Waals surface area (Å²) < 4.78 is 11.1. The molecule has 1 aliphatic rings. The first-order chi connectivity index (χ1) is 8.78. The summed E-state index contributed by atoms with van der Waals surface area (Å²) in [6.07, 6.45) is 3.62. The zero-order valence-electron chi connectivity index (χ0n) is 11.0. The molecule has 1 unspecified atom stereocenters. The lowest BCUT2D eigenvalue weighted by molar-refractivity contribution is 0.408. The Morgan fingerprint density at radius 1 is 1.44 bits per heavy atom. The number of rotatable bonds is 3. The molecule has 3 nitrogen and oxygen atoms in total. The minimum Gasteiger partial charge on any atom is -0.493 e. The molecular weight excluding hydrogens is 226 g/mol. The second-order valence-corrected chi connectivity index (χ2v) is 5.02. The normalized spacial score (nSPS) is 19.6. The van der Waals surface area contributed by atoms with Crippen LogP contribution in [0, 0.1) is 6.92 Å². The van der Waals surface area contributed by atoms with Gasteiger partial charge in [-0.05, 0) is 50.4 Å². The Bertz CT molecular complexity index is 553. The van der Waals surface area contributed by atoms with Crippen molar-refractivity contribution in [3.63, 3.8) is 0 Å². The number of benzene rings is 1. The van der Waals surface area contributed by atoms with Crippen LogP contribution >= 0.6 is 0 Å². The van der Waals surface area contributed by atoms with Crippen molar-refractivity contribution in [2.24, 2.45) is 0 Å². The van der Waals surface area contributed by atoms with Crippen molar-refractivity contribution in [2.45, 2.75) is 32.2 Å². The maximum atomic E-state index is 5.75. The highest BCUT2D eigenvalue weighted by molar-refractivity contribution is 5.87. The quantitative estimate of drug-likeness (QED) is 0.902. The second kappa shape index (κ2) is 4.65. The van der Waals surface area contributed by atoms with Crippen molar-refractivity contribution < 1.29 is 9.15 Å². The number of aryl methyl sites for hydroxylation is 1. The fraction of sp³-hybridized carbons (Fsp3) is 0.467. The molecule has 1 aromatic carbocycles. The Labute approximate surface area is 107 Å². The summed E-state index contributed by atoms with van der Waals surface area (Å²) in [7, 11) is 1.69. The minimum absolute atomic E-state index is 0.608. The van der Waals surface area contributed by atoms with Crippen LogP contribution in [0.25, 0.3) is 11.0 Å². The zero-order valence-corrected chi connectivity index (χ0v) is 11.0. The Balaban J connectivity index is 2.00. The Morgan fingerprint density at radius 2 is 2.33 bits per heavy atom. The van der Waals surface area contributed by atoms with E-state index in [4.69, 9.17) is 9.15 Å². The monoisotopic (exact) mass is 245 g/mol. The minimum atomic E-state index is 0.608. The molecule has 0 bridgehead atoms. The Morgan fingerprint density at radius 3 is 3.06 bits per heavy atom. The Kier molecular flexibility index (Phi) is 3.00. The molecule has 1 saturated heterocycles. The van der Waals surface area contributed by atoms with Crippen LogP contribution in [0.15, 0.2) is 22.6 Å². The van der Waals surface area contributed by atoms with E-state index < -0.39 is 0 Å². The van der Waals surface area contributed by atoms with Crippen LogP contribution < -0.4 is 10.1 Å². The van der Waals surface area contributed by atoms with E-state index in [1.54, 1.807) is 7.11 Å². The lowest BCUT2D eigenvalue weighted by atomic mass is 10.0. The van der Waals surface area contributed by atoms with Crippen LogP contribution in [0.1, 0.15) is 24.2 Å². The number of methoxy groups -OCH3 is 1. The number of hydrogen-bond acceptors (Lipinski definition) is 3. The van der Waals surface area contributed by atoms with Crippen molar-refractivity contribution >= 4 is 11.0 Å². The molecule has 2 heterocycles. The molecule has 0 spiro atoms. The Hall–Kier alpha value is -1.48. The van der Waals surface area contributed by atoms with Gasteiger partial charge in [0.25, 0.3) is 0 Å². The van der Waals surface area contributed by atoms with Gasteiger partial charge in [0.1, 0.15) is 5.76 Å². The molecule has 1 fully saturated rings. The highest BCUT2D eigenvalue weighted by Crippen LogP contribution is 2.32. The van der Waals surface area contributed by atoms with E-state index in [9.17, 15) is 0 Å². The number of furan rings is 1. The van der Waals surface area contributed by atoms with Crippen LogP contribution in [-0.2, 0) is 6.42 Å². The highest BCUT2D eigenvalue weighted by atomic mass is 16.5. The van der Waals surface area contributed by atoms with Gasteiger partial charge in [0.05, 0.1) is 7.11 Å². The van der Waals surface area contributed by atoms with Gasteiger partial charge in [-0.1, -0.05) is 6.07 Å². The number of hydrogen-bond donors (Lipinski definition) is 1. The van der Waals surface area contributed by atoms with Gasteiger partial charge < -0.3 is 14.5 Å². The summed E-state index contributed by atoms with van der Waals surface area (Å²) in [6.45, 7) is 3.13. The predicted molar refractivity (Wildman–Crippen MR) is 72.2 cm³/mol. The number of ether oxygens (including phenoxy) is 1. The standard InChI is InChI=1S/C15H19NO2/c1-10-8-13-11(9-12-4-3-7-16-12)5-6-14(17-2)15(13)18-10/h5-6,8,12,16H,3-4,7,9H2,1-2H3. The maximum Gasteiger partial charge on any atom is 0.176 e. The molecule has 1 N–H and O–H groups in total. The van der Waals surface area contributed by atoms with E-state index in [2.05, 4.69) is 17.4 Å². The molecule has 0 saturated carbocycles. The van der Waals surface area contributed by atoms with Gasteiger partial charge in [-0.15, -0.1) is 0 Å². The van der Waals surface area contributed by atoms with Crippen LogP contribution in [0.2, 0.25) is 0 Å². The molecule has 1 aliphatic heterocycles. The summed E-state index contributed by atoms with van der Waals surface area (Å²) in [4.78, 5) is 0. The third-order valence-electron chi connectivity index (χ3n) is 3.71. The van der Waals surface area contributed by atoms with Crippen molar-refractivity contribution in [1.29, 1.82) is 0 Å². The summed E-state index contributed by atoms with van der Waals surface area (Å²) in [5, 5.41) is 4.74. The summed E-state index contributed by atoms with van der Waals surface area (Å²) in [5.41, 5.74) is 2.23. The maximum absolute atomic E-state index is 5.75. The average molecular weight is 245 g/mol. The van der Waals surface area contributed by atoms with Gasteiger partial charge in [0, 0.05) is 11.4 Å². The molecule has 0 amide bonds. The van der Waals surface area contributed by atoms with Gasteiger partial charge in [0.2, 0.25) is 0 Å². The highest BCUT2D eigenvalue weighted by Gasteiger charge is 2.18. The summed E-state index contributed by atoms with van der Waals surface area (Å²) >= 11 is 0. The molecular formula is C15H19NO2. The predicted octanol–water partition coefficient (Wildman–Crippen LogP) is 3.04. The van der Waals surface area contributed by atoms with Crippen LogP contribution in [0.5, 0.6) is 5.75 Å². The first-order valence-corrected chi connectivity index (χ1v) is 6.57. The van der Waals surface area contributed by atoms with E-state index in [0.29, 0.717) is 6.04 Å². The molecule has 2 aromatic rings. The molecule has 1 aromatic heterocycles. The molecule has 3 rings (SSSR count). The second-order valence-electron chi connectivity index (χ2n) is 5.02. The third-order valence-corrected chi connectivity index (χ3v) is 3.71. The lowest BCUT2D eigenvalue weighted by Crippen LogP contribution is -2.23. The molecule has 0 radical (unpaired) electrons. The van der Waals surface area contributed by atoms with E-state index in [0.717, 1.165) is 30.1 Å². The van der Waals surface area contributed by atoms with Crippen LogP contribution in [0.3, 0.4) is 0 Å². The van der Waals surface area contributed by atoms with Gasteiger partial charge in [0.15, 0.2) is 11.3 Å². The smallest absolute Gasteiger partial charge is 0.176 e. The van der Waals surface area contributed by atoms with E-state index in [-0.39, 0.29) is 0 Å². The van der Waals surface area contributed by atoms with Crippen LogP contribution in [-0.4, -0.2) is 19.7 Å².